The van der Waals surface area contributed by atoms with Crippen LogP contribution in [-0.2, 0) is 4.74 Å². The second-order valence-electron chi connectivity index (χ2n) is 4.25. The number of morpholine rings is 1. The first-order chi connectivity index (χ1) is 9.29. The molecule has 19 heavy (non-hydrogen) atoms. The number of hydrogen-bond acceptors (Lipinski definition) is 6. The van der Waals surface area contributed by atoms with Gasteiger partial charge in [0.25, 0.3) is 5.91 Å². The van der Waals surface area contributed by atoms with Gasteiger partial charge in [-0.3, -0.25) is 9.69 Å². The molecule has 7 heteroatoms. The number of nitrogens with one attached hydrogen (secondary N) is 2. The predicted octanol–water partition coefficient (Wildman–Crippen LogP) is -0.420. The smallest absolute Gasteiger partial charge is 0.271 e. The van der Waals surface area contributed by atoms with Crippen LogP contribution in [-0.4, -0.2) is 67.2 Å². The Balaban J connectivity index is 1.73. The monoisotopic (exact) mass is 265 g/mol. The van der Waals surface area contributed by atoms with E-state index in [-0.39, 0.29) is 5.91 Å². The van der Waals surface area contributed by atoms with Crippen molar-refractivity contribution in [2.24, 2.45) is 0 Å². The van der Waals surface area contributed by atoms with Crippen LogP contribution in [0.4, 0.5) is 5.82 Å². The standard InChI is InChI=1S/C12H19N5O2/c1-13-11-9-15-10(8-16-11)12(18)14-2-3-17-4-6-19-7-5-17/h8-9H,2-7H2,1H3,(H,13,16)(H,14,18). The molecule has 0 aromatic carbocycles. The highest BCUT2D eigenvalue weighted by atomic mass is 16.5. The fraction of sp³-hybridized carbons (Fsp3) is 0.583. The lowest BCUT2D eigenvalue weighted by molar-refractivity contribution is 0.0383. The summed E-state index contributed by atoms with van der Waals surface area (Å²) in [5, 5.41) is 5.69. The summed E-state index contributed by atoms with van der Waals surface area (Å²) in [5.74, 6) is 0.452. The van der Waals surface area contributed by atoms with Crippen LogP contribution >= 0.6 is 0 Å². The van der Waals surface area contributed by atoms with E-state index >= 15 is 0 Å². The molecule has 0 saturated carbocycles. The fourth-order valence-electron chi connectivity index (χ4n) is 1.82. The van der Waals surface area contributed by atoms with E-state index in [0.29, 0.717) is 18.1 Å². The number of anilines is 1. The lowest BCUT2D eigenvalue weighted by atomic mass is 10.4. The molecule has 1 amide bonds. The number of carbonyl (C=O) groups excluding carboxylic acids is 1. The Morgan fingerprint density at radius 2 is 2.16 bits per heavy atom. The van der Waals surface area contributed by atoms with Crippen molar-refractivity contribution in [3.63, 3.8) is 0 Å². The van der Waals surface area contributed by atoms with Gasteiger partial charge in [-0.2, -0.15) is 0 Å². The molecule has 0 spiro atoms. The molecule has 1 fully saturated rings. The predicted molar refractivity (Wildman–Crippen MR) is 71.2 cm³/mol. The minimum atomic E-state index is -0.191. The third-order valence-corrected chi connectivity index (χ3v) is 2.96. The average Bonchev–Trinajstić information content (AvgIpc) is 2.48. The largest absolute Gasteiger partial charge is 0.379 e. The molecule has 1 aromatic heterocycles. The third kappa shape index (κ3) is 4.15. The van der Waals surface area contributed by atoms with Crippen molar-refractivity contribution in [1.82, 2.24) is 20.2 Å². The molecule has 1 aliphatic heterocycles. The first-order valence-electron chi connectivity index (χ1n) is 6.37. The van der Waals surface area contributed by atoms with Crippen molar-refractivity contribution >= 4 is 11.7 Å². The van der Waals surface area contributed by atoms with E-state index in [1.807, 2.05) is 0 Å². The quantitative estimate of drug-likeness (QED) is 0.753. The molecule has 0 aliphatic carbocycles. The second kappa shape index (κ2) is 7.01. The zero-order valence-corrected chi connectivity index (χ0v) is 11.1. The molecule has 1 aliphatic rings. The molecule has 2 heterocycles. The van der Waals surface area contributed by atoms with Crippen molar-refractivity contribution in [3.05, 3.63) is 18.1 Å². The normalized spacial score (nSPS) is 16.1. The third-order valence-electron chi connectivity index (χ3n) is 2.96. The van der Waals surface area contributed by atoms with Crippen LogP contribution < -0.4 is 10.6 Å². The molecule has 2 N–H and O–H groups in total. The van der Waals surface area contributed by atoms with Gasteiger partial charge < -0.3 is 15.4 Å². The number of hydrogen-bond donors (Lipinski definition) is 2. The highest BCUT2D eigenvalue weighted by Crippen LogP contribution is 1.99. The Labute approximate surface area is 112 Å². The molecule has 1 saturated heterocycles. The van der Waals surface area contributed by atoms with Crippen molar-refractivity contribution < 1.29 is 9.53 Å². The van der Waals surface area contributed by atoms with Crippen LogP contribution in [0.5, 0.6) is 0 Å². The van der Waals surface area contributed by atoms with E-state index in [1.54, 1.807) is 7.05 Å². The van der Waals surface area contributed by atoms with E-state index in [4.69, 9.17) is 4.74 Å². The van der Waals surface area contributed by atoms with Gasteiger partial charge in [-0.1, -0.05) is 0 Å². The first-order valence-corrected chi connectivity index (χ1v) is 6.37. The maximum Gasteiger partial charge on any atom is 0.271 e. The molecular weight excluding hydrogens is 246 g/mol. The van der Waals surface area contributed by atoms with E-state index in [1.165, 1.54) is 12.4 Å². The molecule has 0 radical (unpaired) electrons. The summed E-state index contributed by atoms with van der Waals surface area (Å²) in [6.07, 6.45) is 3.01. The van der Waals surface area contributed by atoms with Gasteiger partial charge in [0, 0.05) is 33.2 Å². The minimum absolute atomic E-state index is 0.191. The molecule has 7 nitrogen and oxygen atoms in total. The number of nitrogens with zero attached hydrogens (tertiary/aromatic N) is 3. The molecule has 0 atom stereocenters. The number of rotatable bonds is 5. The van der Waals surface area contributed by atoms with Crippen LogP contribution in [0.15, 0.2) is 12.4 Å². The number of carbonyl (C=O) groups is 1. The maximum absolute atomic E-state index is 11.8. The summed E-state index contributed by atoms with van der Waals surface area (Å²) in [4.78, 5) is 22.2. The highest BCUT2D eigenvalue weighted by molar-refractivity contribution is 5.91. The Bertz CT molecular complexity index is 403. The molecular formula is C12H19N5O2. The van der Waals surface area contributed by atoms with Crippen molar-refractivity contribution in [3.8, 4) is 0 Å². The Morgan fingerprint density at radius 1 is 1.37 bits per heavy atom. The van der Waals surface area contributed by atoms with Crippen LogP contribution in [0.2, 0.25) is 0 Å². The van der Waals surface area contributed by atoms with Crippen LogP contribution in [0.1, 0.15) is 10.5 Å². The molecule has 1 aromatic rings. The molecule has 104 valence electrons. The summed E-state index contributed by atoms with van der Waals surface area (Å²) in [6, 6.07) is 0. The van der Waals surface area contributed by atoms with E-state index in [2.05, 4.69) is 25.5 Å². The summed E-state index contributed by atoms with van der Waals surface area (Å²) in [7, 11) is 1.76. The summed E-state index contributed by atoms with van der Waals surface area (Å²) >= 11 is 0. The van der Waals surface area contributed by atoms with Crippen molar-refractivity contribution in [2.45, 2.75) is 0 Å². The van der Waals surface area contributed by atoms with Gasteiger partial charge in [-0.05, 0) is 0 Å². The Morgan fingerprint density at radius 3 is 2.79 bits per heavy atom. The van der Waals surface area contributed by atoms with Gasteiger partial charge in [0.1, 0.15) is 11.5 Å². The lowest BCUT2D eigenvalue weighted by Crippen LogP contribution is -2.41. The number of amides is 1. The number of ether oxygens (including phenoxy) is 1. The fourth-order valence-corrected chi connectivity index (χ4v) is 1.82. The van der Waals surface area contributed by atoms with Gasteiger partial charge in [-0.15, -0.1) is 0 Å². The van der Waals surface area contributed by atoms with Gasteiger partial charge >= 0.3 is 0 Å². The topological polar surface area (TPSA) is 79.4 Å². The van der Waals surface area contributed by atoms with Gasteiger partial charge in [0.15, 0.2) is 0 Å². The van der Waals surface area contributed by atoms with Crippen LogP contribution in [0.3, 0.4) is 0 Å². The maximum atomic E-state index is 11.8. The summed E-state index contributed by atoms with van der Waals surface area (Å²) < 4.78 is 5.27. The summed E-state index contributed by atoms with van der Waals surface area (Å²) in [6.45, 7) is 4.82. The lowest BCUT2D eigenvalue weighted by Gasteiger charge is -2.26. The van der Waals surface area contributed by atoms with Crippen LogP contribution in [0.25, 0.3) is 0 Å². The molecule has 2 rings (SSSR count). The number of aromatic nitrogens is 2. The van der Waals surface area contributed by atoms with Gasteiger partial charge in [-0.25, -0.2) is 9.97 Å². The van der Waals surface area contributed by atoms with E-state index in [9.17, 15) is 4.79 Å². The first kappa shape index (κ1) is 13.7. The highest BCUT2D eigenvalue weighted by Gasteiger charge is 2.11. The molecule has 0 unspecified atom stereocenters. The van der Waals surface area contributed by atoms with Crippen molar-refractivity contribution in [1.29, 1.82) is 0 Å². The van der Waals surface area contributed by atoms with Crippen molar-refractivity contribution in [2.75, 3.05) is 51.8 Å². The zero-order valence-electron chi connectivity index (χ0n) is 11.1. The Hall–Kier alpha value is -1.73. The SMILES string of the molecule is CNc1cnc(C(=O)NCCN2CCOCC2)cn1. The summed E-state index contributed by atoms with van der Waals surface area (Å²) in [5.41, 5.74) is 0.334. The molecule has 0 bridgehead atoms. The zero-order chi connectivity index (χ0) is 13.5. The van der Waals surface area contributed by atoms with Gasteiger partial charge in [0.05, 0.1) is 25.6 Å². The van der Waals surface area contributed by atoms with Gasteiger partial charge in [0.2, 0.25) is 0 Å². The minimum Gasteiger partial charge on any atom is -0.379 e. The van der Waals surface area contributed by atoms with E-state index in [0.717, 1.165) is 32.8 Å². The van der Waals surface area contributed by atoms with E-state index < -0.39 is 0 Å². The average molecular weight is 265 g/mol. The Kier molecular flexibility index (Phi) is 5.05. The van der Waals surface area contributed by atoms with Crippen LogP contribution in [0, 0.1) is 0 Å². The second-order valence-corrected chi connectivity index (χ2v) is 4.25.